The third kappa shape index (κ3) is 2.71. The minimum Gasteiger partial charge on any atom is -0.507 e. The van der Waals surface area contributed by atoms with Crippen LogP contribution in [0.3, 0.4) is 0 Å². The lowest BCUT2D eigenvalue weighted by Crippen LogP contribution is -2.21. The van der Waals surface area contributed by atoms with E-state index in [2.05, 4.69) is 22.2 Å². The van der Waals surface area contributed by atoms with Crippen molar-refractivity contribution < 1.29 is 5.11 Å². The molecule has 1 aromatic carbocycles. The van der Waals surface area contributed by atoms with Gasteiger partial charge in [0.05, 0.1) is 6.04 Å². The van der Waals surface area contributed by atoms with Gasteiger partial charge in [-0.2, -0.15) is 0 Å². The normalized spacial score (nSPS) is 12.6. The lowest BCUT2D eigenvalue weighted by molar-refractivity contribution is 0.448. The molecular formula is C14H19N3O. The number of hydrogen-bond donors (Lipinski definition) is 3. The standard InChI is InChI=1S/C14H19N3O/c1-3-12(14-15-7-8-16-14)17-9-11-6-4-5-10(2)13(11)18/h4-8,12,17-18H,3,9H2,1-2H3,(H,15,16). The Bertz CT molecular complexity index is 494. The number of benzene rings is 1. The molecule has 2 aromatic rings. The van der Waals surface area contributed by atoms with E-state index in [4.69, 9.17) is 0 Å². The monoisotopic (exact) mass is 245 g/mol. The number of phenolic OH excluding ortho intramolecular Hbond substituents is 1. The molecular weight excluding hydrogens is 226 g/mol. The van der Waals surface area contributed by atoms with Crippen molar-refractivity contribution in [2.45, 2.75) is 32.9 Å². The molecule has 0 radical (unpaired) electrons. The van der Waals surface area contributed by atoms with Gasteiger partial charge >= 0.3 is 0 Å². The van der Waals surface area contributed by atoms with Gasteiger partial charge in [0.1, 0.15) is 11.6 Å². The van der Waals surface area contributed by atoms with E-state index in [1.807, 2.05) is 31.3 Å². The van der Waals surface area contributed by atoms with Crippen LogP contribution in [0.4, 0.5) is 0 Å². The maximum atomic E-state index is 9.95. The number of aromatic nitrogens is 2. The predicted molar refractivity (Wildman–Crippen MR) is 71.3 cm³/mol. The van der Waals surface area contributed by atoms with Crippen LogP contribution in [0.2, 0.25) is 0 Å². The van der Waals surface area contributed by atoms with Gasteiger partial charge in [-0.15, -0.1) is 0 Å². The smallest absolute Gasteiger partial charge is 0.123 e. The van der Waals surface area contributed by atoms with Gasteiger partial charge in [-0.3, -0.25) is 0 Å². The van der Waals surface area contributed by atoms with Gasteiger partial charge in [-0.25, -0.2) is 4.98 Å². The van der Waals surface area contributed by atoms with Crippen molar-refractivity contribution >= 4 is 0 Å². The van der Waals surface area contributed by atoms with E-state index >= 15 is 0 Å². The second kappa shape index (κ2) is 5.69. The zero-order valence-corrected chi connectivity index (χ0v) is 10.8. The van der Waals surface area contributed by atoms with Gasteiger partial charge in [-0.05, 0) is 18.9 Å². The average Bonchev–Trinajstić information content (AvgIpc) is 2.89. The summed E-state index contributed by atoms with van der Waals surface area (Å²) in [6, 6.07) is 5.98. The van der Waals surface area contributed by atoms with Crippen molar-refractivity contribution in [1.29, 1.82) is 0 Å². The van der Waals surface area contributed by atoms with E-state index in [1.165, 1.54) is 0 Å². The first-order chi connectivity index (χ1) is 8.72. The predicted octanol–water partition coefficient (Wildman–Crippen LogP) is 2.66. The van der Waals surface area contributed by atoms with E-state index in [-0.39, 0.29) is 6.04 Å². The fourth-order valence-electron chi connectivity index (χ4n) is 2.00. The molecule has 0 aliphatic heterocycles. The van der Waals surface area contributed by atoms with E-state index in [1.54, 1.807) is 6.20 Å². The molecule has 4 nitrogen and oxygen atoms in total. The lowest BCUT2D eigenvalue weighted by atomic mass is 10.1. The number of nitrogens with one attached hydrogen (secondary N) is 2. The Morgan fingerprint density at radius 2 is 2.28 bits per heavy atom. The van der Waals surface area contributed by atoms with E-state index in [9.17, 15) is 5.11 Å². The number of nitrogens with zero attached hydrogens (tertiary/aromatic N) is 1. The third-order valence-corrected chi connectivity index (χ3v) is 3.12. The molecule has 1 unspecified atom stereocenters. The van der Waals surface area contributed by atoms with Crippen LogP contribution in [0.5, 0.6) is 5.75 Å². The number of rotatable bonds is 5. The minimum atomic E-state index is 0.180. The van der Waals surface area contributed by atoms with Crippen molar-refractivity contribution in [3.63, 3.8) is 0 Å². The summed E-state index contributed by atoms with van der Waals surface area (Å²) in [6.07, 6.45) is 4.52. The highest BCUT2D eigenvalue weighted by molar-refractivity contribution is 5.39. The Morgan fingerprint density at radius 3 is 2.94 bits per heavy atom. The summed E-state index contributed by atoms with van der Waals surface area (Å²) in [4.78, 5) is 7.37. The van der Waals surface area contributed by atoms with E-state index in [0.717, 1.165) is 23.4 Å². The Morgan fingerprint density at radius 1 is 1.44 bits per heavy atom. The van der Waals surface area contributed by atoms with Gasteiger partial charge in [0, 0.05) is 24.5 Å². The number of aromatic hydroxyl groups is 1. The van der Waals surface area contributed by atoms with Crippen LogP contribution in [-0.4, -0.2) is 15.1 Å². The Balaban J connectivity index is 2.04. The molecule has 1 heterocycles. The van der Waals surface area contributed by atoms with Crippen molar-refractivity contribution in [3.05, 3.63) is 47.5 Å². The molecule has 0 bridgehead atoms. The summed E-state index contributed by atoms with van der Waals surface area (Å²) in [7, 11) is 0. The molecule has 1 atom stereocenters. The third-order valence-electron chi connectivity index (χ3n) is 3.12. The second-order valence-electron chi connectivity index (χ2n) is 4.40. The summed E-state index contributed by atoms with van der Waals surface area (Å²) in [5, 5.41) is 13.4. The highest BCUT2D eigenvalue weighted by Gasteiger charge is 2.12. The van der Waals surface area contributed by atoms with Gasteiger partial charge in [0.15, 0.2) is 0 Å². The highest BCUT2D eigenvalue weighted by atomic mass is 16.3. The Hall–Kier alpha value is -1.81. The molecule has 4 heteroatoms. The largest absolute Gasteiger partial charge is 0.507 e. The number of hydrogen-bond acceptors (Lipinski definition) is 3. The number of H-pyrrole nitrogens is 1. The Kier molecular flexibility index (Phi) is 3.99. The minimum absolute atomic E-state index is 0.180. The second-order valence-corrected chi connectivity index (χ2v) is 4.40. The summed E-state index contributed by atoms with van der Waals surface area (Å²) >= 11 is 0. The van der Waals surface area contributed by atoms with Crippen LogP contribution in [0.25, 0.3) is 0 Å². The maximum absolute atomic E-state index is 9.95. The van der Waals surface area contributed by atoms with E-state index in [0.29, 0.717) is 12.3 Å². The molecule has 0 aliphatic carbocycles. The maximum Gasteiger partial charge on any atom is 0.123 e. The summed E-state index contributed by atoms with van der Waals surface area (Å²) in [5.74, 6) is 1.31. The zero-order valence-electron chi connectivity index (χ0n) is 10.8. The molecule has 0 amide bonds. The molecule has 96 valence electrons. The molecule has 1 aromatic heterocycles. The summed E-state index contributed by atoms with van der Waals surface area (Å²) in [6.45, 7) is 4.64. The van der Waals surface area contributed by atoms with Gasteiger partial charge in [0.25, 0.3) is 0 Å². The van der Waals surface area contributed by atoms with Crippen LogP contribution in [-0.2, 0) is 6.54 Å². The zero-order chi connectivity index (χ0) is 13.0. The molecule has 0 saturated carbocycles. The van der Waals surface area contributed by atoms with Gasteiger partial charge in [0.2, 0.25) is 0 Å². The molecule has 0 aliphatic rings. The molecule has 0 fully saturated rings. The van der Waals surface area contributed by atoms with Crippen LogP contribution in [0.15, 0.2) is 30.6 Å². The average molecular weight is 245 g/mol. The van der Waals surface area contributed by atoms with Crippen molar-refractivity contribution in [2.75, 3.05) is 0 Å². The molecule has 18 heavy (non-hydrogen) atoms. The number of para-hydroxylation sites is 1. The van der Waals surface area contributed by atoms with Crippen LogP contribution in [0, 0.1) is 6.92 Å². The van der Waals surface area contributed by atoms with Crippen LogP contribution >= 0.6 is 0 Å². The van der Waals surface area contributed by atoms with Gasteiger partial charge in [-0.1, -0.05) is 25.1 Å². The Labute approximate surface area is 107 Å². The van der Waals surface area contributed by atoms with Crippen LogP contribution < -0.4 is 5.32 Å². The number of imidazole rings is 1. The van der Waals surface area contributed by atoms with E-state index < -0.39 is 0 Å². The first kappa shape index (κ1) is 12.6. The first-order valence-electron chi connectivity index (χ1n) is 6.22. The number of aromatic amines is 1. The van der Waals surface area contributed by atoms with Crippen molar-refractivity contribution in [1.82, 2.24) is 15.3 Å². The van der Waals surface area contributed by atoms with Crippen LogP contribution in [0.1, 0.15) is 36.3 Å². The van der Waals surface area contributed by atoms with Gasteiger partial charge < -0.3 is 15.4 Å². The summed E-state index contributed by atoms with van der Waals surface area (Å²) < 4.78 is 0. The SMILES string of the molecule is CCC(NCc1cccc(C)c1O)c1ncc[nH]1. The van der Waals surface area contributed by atoms with Crippen molar-refractivity contribution in [3.8, 4) is 5.75 Å². The molecule has 2 rings (SSSR count). The molecule has 0 saturated heterocycles. The lowest BCUT2D eigenvalue weighted by Gasteiger charge is -2.15. The number of phenols is 1. The first-order valence-corrected chi connectivity index (χ1v) is 6.22. The fraction of sp³-hybridized carbons (Fsp3) is 0.357. The summed E-state index contributed by atoms with van der Waals surface area (Å²) in [5.41, 5.74) is 1.82. The highest BCUT2D eigenvalue weighted by Crippen LogP contribution is 2.22. The topological polar surface area (TPSA) is 60.9 Å². The molecule has 3 N–H and O–H groups in total. The number of aryl methyl sites for hydroxylation is 1. The quantitative estimate of drug-likeness (QED) is 0.759. The molecule has 0 spiro atoms. The van der Waals surface area contributed by atoms with Crippen molar-refractivity contribution in [2.24, 2.45) is 0 Å². The fourth-order valence-corrected chi connectivity index (χ4v) is 2.00.